The lowest BCUT2D eigenvalue weighted by Crippen LogP contribution is -2.39. The number of nitrogens with one attached hydrogen (secondary N) is 1. The predicted octanol–water partition coefficient (Wildman–Crippen LogP) is 1.09. The van der Waals surface area contributed by atoms with Gasteiger partial charge in [0.05, 0.1) is 0 Å². The van der Waals surface area contributed by atoms with Crippen LogP contribution >= 0.6 is 12.2 Å². The minimum Gasteiger partial charge on any atom is -0.339 e. The molecular formula is C9H16N4OS2. The van der Waals surface area contributed by atoms with Crippen LogP contribution in [0.5, 0.6) is 0 Å². The lowest BCUT2D eigenvalue weighted by Gasteiger charge is -2.28. The van der Waals surface area contributed by atoms with Gasteiger partial charge in [-0.25, -0.2) is 5.10 Å². The van der Waals surface area contributed by atoms with Crippen LogP contribution in [0.3, 0.4) is 0 Å². The summed E-state index contributed by atoms with van der Waals surface area (Å²) in [6, 6.07) is 0.286. The van der Waals surface area contributed by atoms with Crippen LogP contribution in [0.25, 0.3) is 0 Å². The molecule has 1 N–H and O–H groups in total. The fourth-order valence-corrected chi connectivity index (χ4v) is 3.21. The summed E-state index contributed by atoms with van der Waals surface area (Å²) in [5.74, 6) is 2.31. The van der Waals surface area contributed by atoms with Crippen molar-refractivity contribution in [2.75, 3.05) is 29.5 Å². The topological polar surface area (TPSA) is 53.9 Å². The van der Waals surface area contributed by atoms with Crippen LogP contribution in [-0.2, 0) is 10.8 Å². The van der Waals surface area contributed by atoms with Crippen LogP contribution in [0.1, 0.15) is 19.9 Å². The van der Waals surface area contributed by atoms with E-state index in [0.29, 0.717) is 4.77 Å². The van der Waals surface area contributed by atoms with Gasteiger partial charge >= 0.3 is 0 Å². The van der Waals surface area contributed by atoms with Crippen LogP contribution in [0.4, 0.5) is 5.95 Å². The molecule has 0 saturated carbocycles. The van der Waals surface area contributed by atoms with Crippen LogP contribution in [-0.4, -0.2) is 43.6 Å². The molecule has 2 rings (SSSR count). The second-order valence-electron chi connectivity index (χ2n) is 4.13. The maximum absolute atomic E-state index is 11.3. The molecule has 0 atom stereocenters. The van der Waals surface area contributed by atoms with Gasteiger partial charge in [-0.05, 0) is 26.1 Å². The van der Waals surface area contributed by atoms with Gasteiger partial charge in [-0.3, -0.25) is 8.78 Å². The number of aromatic nitrogens is 3. The molecule has 0 unspecified atom stereocenters. The average molecular weight is 260 g/mol. The van der Waals surface area contributed by atoms with Crippen LogP contribution < -0.4 is 4.90 Å². The molecular weight excluding hydrogens is 244 g/mol. The van der Waals surface area contributed by atoms with Gasteiger partial charge in [-0.1, -0.05) is 0 Å². The Hall–Kier alpha value is -0.690. The average Bonchev–Trinajstić information content (AvgIpc) is 2.61. The van der Waals surface area contributed by atoms with Crippen molar-refractivity contribution in [3.05, 3.63) is 4.77 Å². The number of aromatic amines is 1. The SMILES string of the molecule is CC(C)n1c(N2CCS(=O)CC2)n[nH]c1=S. The zero-order valence-electron chi connectivity index (χ0n) is 9.47. The Bertz CT molecular complexity index is 441. The smallest absolute Gasteiger partial charge is 0.226 e. The highest BCUT2D eigenvalue weighted by Gasteiger charge is 2.21. The van der Waals surface area contributed by atoms with E-state index < -0.39 is 10.8 Å². The fraction of sp³-hybridized carbons (Fsp3) is 0.778. The van der Waals surface area contributed by atoms with Gasteiger partial charge in [-0.2, -0.15) is 0 Å². The largest absolute Gasteiger partial charge is 0.339 e. The van der Waals surface area contributed by atoms with Crippen molar-refractivity contribution < 1.29 is 4.21 Å². The fourth-order valence-electron chi connectivity index (χ4n) is 1.82. The van der Waals surface area contributed by atoms with Crippen LogP contribution in [0.15, 0.2) is 0 Å². The lowest BCUT2D eigenvalue weighted by molar-refractivity contribution is 0.578. The van der Waals surface area contributed by atoms with E-state index in [1.807, 2.05) is 4.57 Å². The van der Waals surface area contributed by atoms with Gasteiger partial charge in [0, 0.05) is 41.4 Å². The third kappa shape index (κ3) is 2.20. The van der Waals surface area contributed by atoms with Crippen LogP contribution in [0, 0.1) is 4.77 Å². The zero-order valence-corrected chi connectivity index (χ0v) is 11.1. The molecule has 0 aliphatic carbocycles. The van der Waals surface area contributed by atoms with Gasteiger partial charge in [0.15, 0.2) is 4.77 Å². The Balaban J connectivity index is 2.27. The monoisotopic (exact) mass is 260 g/mol. The quantitative estimate of drug-likeness (QED) is 0.809. The molecule has 0 spiro atoms. The van der Waals surface area contributed by atoms with Crippen LogP contribution in [0.2, 0.25) is 0 Å². The maximum Gasteiger partial charge on any atom is 0.226 e. The molecule has 7 heteroatoms. The molecule has 1 saturated heterocycles. The first-order valence-corrected chi connectivity index (χ1v) is 7.26. The molecule has 0 aromatic carbocycles. The summed E-state index contributed by atoms with van der Waals surface area (Å²) in [4.78, 5) is 2.15. The second-order valence-corrected chi connectivity index (χ2v) is 6.21. The number of hydrogen-bond acceptors (Lipinski definition) is 4. The van der Waals surface area contributed by atoms with Gasteiger partial charge in [0.2, 0.25) is 5.95 Å². The summed E-state index contributed by atoms with van der Waals surface area (Å²) < 4.78 is 13.9. The van der Waals surface area contributed by atoms with Crippen molar-refractivity contribution in [3.8, 4) is 0 Å². The first-order chi connectivity index (χ1) is 7.59. The summed E-state index contributed by atoms with van der Waals surface area (Å²) in [5.41, 5.74) is 0. The zero-order chi connectivity index (χ0) is 11.7. The van der Waals surface area contributed by atoms with E-state index in [4.69, 9.17) is 12.2 Å². The minimum atomic E-state index is -0.660. The van der Waals surface area contributed by atoms with E-state index in [-0.39, 0.29) is 6.04 Å². The number of hydrogen-bond donors (Lipinski definition) is 1. The van der Waals surface area contributed by atoms with E-state index in [1.54, 1.807) is 0 Å². The van der Waals surface area contributed by atoms with Gasteiger partial charge in [-0.15, -0.1) is 5.10 Å². The Morgan fingerprint density at radius 3 is 2.62 bits per heavy atom. The molecule has 1 aliphatic rings. The Labute approximate surface area is 102 Å². The Morgan fingerprint density at radius 2 is 2.06 bits per heavy atom. The molecule has 2 heterocycles. The number of anilines is 1. The highest BCUT2D eigenvalue weighted by Crippen LogP contribution is 2.18. The third-order valence-corrected chi connectivity index (χ3v) is 4.23. The summed E-state index contributed by atoms with van der Waals surface area (Å²) in [6.45, 7) is 5.74. The maximum atomic E-state index is 11.3. The van der Waals surface area contributed by atoms with Crippen molar-refractivity contribution in [2.24, 2.45) is 0 Å². The van der Waals surface area contributed by atoms with Crippen molar-refractivity contribution in [1.82, 2.24) is 14.8 Å². The van der Waals surface area contributed by atoms with Crippen molar-refractivity contribution in [3.63, 3.8) is 0 Å². The minimum absolute atomic E-state index is 0.286. The van der Waals surface area contributed by atoms with Gasteiger partial charge < -0.3 is 4.90 Å². The molecule has 0 bridgehead atoms. The number of H-pyrrole nitrogens is 1. The van der Waals surface area contributed by atoms with E-state index >= 15 is 0 Å². The van der Waals surface area contributed by atoms with E-state index in [9.17, 15) is 4.21 Å². The first kappa shape index (κ1) is 11.8. The second kappa shape index (κ2) is 4.67. The standard InChI is InChI=1S/C9H16N4OS2/c1-7(2)13-8(10-11-9(13)15)12-3-5-16(14)6-4-12/h7H,3-6H2,1-2H3,(H,11,15). The number of rotatable bonds is 2. The first-order valence-electron chi connectivity index (χ1n) is 5.36. The number of nitrogens with zero attached hydrogens (tertiary/aromatic N) is 3. The highest BCUT2D eigenvalue weighted by atomic mass is 32.2. The van der Waals surface area contributed by atoms with Crippen molar-refractivity contribution >= 4 is 29.0 Å². The van der Waals surface area contributed by atoms with Gasteiger partial charge in [0.1, 0.15) is 0 Å². The third-order valence-electron chi connectivity index (χ3n) is 2.66. The molecule has 0 amide bonds. The lowest BCUT2D eigenvalue weighted by atomic mass is 10.4. The molecule has 1 aliphatic heterocycles. The summed E-state index contributed by atoms with van der Waals surface area (Å²) in [7, 11) is -0.660. The summed E-state index contributed by atoms with van der Waals surface area (Å²) in [6.07, 6.45) is 0. The normalized spacial score (nSPS) is 18.3. The van der Waals surface area contributed by atoms with Gasteiger partial charge in [0.25, 0.3) is 0 Å². The Kier molecular flexibility index (Phi) is 3.44. The predicted molar refractivity (Wildman–Crippen MR) is 67.9 cm³/mol. The highest BCUT2D eigenvalue weighted by molar-refractivity contribution is 7.85. The molecule has 5 nitrogen and oxygen atoms in total. The van der Waals surface area contributed by atoms with Crippen molar-refractivity contribution in [2.45, 2.75) is 19.9 Å². The van der Waals surface area contributed by atoms with Crippen molar-refractivity contribution in [1.29, 1.82) is 0 Å². The Morgan fingerprint density at radius 1 is 1.44 bits per heavy atom. The molecule has 0 radical (unpaired) electrons. The molecule has 90 valence electrons. The summed E-state index contributed by atoms with van der Waals surface area (Å²) >= 11 is 5.20. The van der Waals surface area contributed by atoms with E-state index in [2.05, 4.69) is 28.9 Å². The molecule has 1 aromatic heterocycles. The van der Waals surface area contributed by atoms with E-state index in [1.165, 1.54) is 0 Å². The summed E-state index contributed by atoms with van der Waals surface area (Å²) in [5, 5.41) is 7.08. The van der Waals surface area contributed by atoms with E-state index in [0.717, 1.165) is 30.5 Å². The molecule has 16 heavy (non-hydrogen) atoms. The molecule has 1 fully saturated rings. The molecule has 1 aromatic rings.